The van der Waals surface area contributed by atoms with Gasteiger partial charge in [0, 0.05) is 5.92 Å². The molecule has 0 N–H and O–H groups in total. The fourth-order valence-corrected chi connectivity index (χ4v) is 5.36. The number of rotatable bonds is 3. The minimum atomic E-state index is 0.0716. The zero-order chi connectivity index (χ0) is 27.4. The molecule has 1 atom stereocenters. The van der Waals surface area contributed by atoms with E-state index in [4.69, 9.17) is 0 Å². The largest absolute Gasteiger partial charge is 0.0645 e. The predicted molar refractivity (Wildman–Crippen MR) is 159 cm³/mol. The molecule has 1 unspecified atom stereocenters. The second-order valence-electron chi connectivity index (χ2n) is 16.0. The molecule has 2 rings (SSSR count). The van der Waals surface area contributed by atoms with Crippen LogP contribution in [0.25, 0.3) is 0 Å². The molecule has 0 nitrogen and oxygen atoms in total. The van der Waals surface area contributed by atoms with Crippen LogP contribution in [-0.2, 0) is 27.1 Å². The Hall–Kier alpha value is -1.56. The van der Waals surface area contributed by atoms with E-state index in [0.29, 0.717) is 5.92 Å². The number of hydrogen-bond acceptors (Lipinski definition) is 0. The summed E-state index contributed by atoms with van der Waals surface area (Å²) in [6.45, 7) is 37.9. The van der Waals surface area contributed by atoms with Gasteiger partial charge in [-0.25, -0.2) is 0 Å². The van der Waals surface area contributed by atoms with Crippen molar-refractivity contribution in [3.05, 3.63) is 69.3 Å². The van der Waals surface area contributed by atoms with Gasteiger partial charge in [-0.2, -0.15) is 0 Å². The highest BCUT2D eigenvalue weighted by Gasteiger charge is 2.33. The van der Waals surface area contributed by atoms with Gasteiger partial charge in [0.1, 0.15) is 0 Å². The lowest BCUT2D eigenvalue weighted by molar-refractivity contribution is 0.523. The Kier molecular flexibility index (Phi) is 7.96. The second-order valence-corrected chi connectivity index (χ2v) is 16.0. The van der Waals surface area contributed by atoms with Crippen molar-refractivity contribution in [2.45, 2.75) is 150 Å². The van der Waals surface area contributed by atoms with E-state index in [1.807, 2.05) is 0 Å². The molecule has 0 bridgehead atoms. The van der Waals surface area contributed by atoms with Gasteiger partial charge in [-0.05, 0) is 72.4 Å². The zero-order valence-electron chi connectivity index (χ0n) is 26.2. The van der Waals surface area contributed by atoms with E-state index in [-0.39, 0.29) is 27.1 Å². The monoisotopic (exact) mass is 476 g/mol. The lowest BCUT2D eigenvalue weighted by Crippen LogP contribution is -2.26. The van der Waals surface area contributed by atoms with Crippen LogP contribution < -0.4 is 0 Å². The highest BCUT2D eigenvalue weighted by Crippen LogP contribution is 2.45. The van der Waals surface area contributed by atoms with Gasteiger partial charge < -0.3 is 0 Å². The molecule has 2 aromatic carbocycles. The summed E-state index contributed by atoms with van der Waals surface area (Å²) in [7, 11) is 0. The number of hydrogen-bond donors (Lipinski definition) is 0. The van der Waals surface area contributed by atoms with Crippen LogP contribution in [0.1, 0.15) is 162 Å². The summed E-state index contributed by atoms with van der Waals surface area (Å²) in [5.74, 6) is 0.377. The Morgan fingerprint density at radius 2 is 0.886 bits per heavy atom. The fourth-order valence-electron chi connectivity index (χ4n) is 5.36. The smallest absolute Gasteiger partial charge is 0.00927 e. The minimum absolute atomic E-state index is 0.0716. The van der Waals surface area contributed by atoms with Crippen LogP contribution in [0.4, 0.5) is 0 Å². The van der Waals surface area contributed by atoms with Crippen LogP contribution in [0.2, 0.25) is 0 Å². The van der Waals surface area contributed by atoms with Crippen molar-refractivity contribution >= 4 is 0 Å². The van der Waals surface area contributed by atoms with E-state index >= 15 is 0 Å². The Labute approximate surface area is 219 Å². The van der Waals surface area contributed by atoms with E-state index in [9.17, 15) is 0 Å². The van der Waals surface area contributed by atoms with Crippen molar-refractivity contribution in [1.82, 2.24) is 0 Å². The average molecular weight is 477 g/mol. The molecule has 196 valence electrons. The summed E-state index contributed by atoms with van der Waals surface area (Å²) >= 11 is 0. The van der Waals surface area contributed by atoms with Crippen LogP contribution in [0.5, 0.6) is 0 Å². The molecule has 0 amide bonds. The molecular weight excluding hydrogens is 420 g/mol. The molecule has 0 aliphatic heterocycles. The molecule has 0 aliphatic carbocycles. The molecule has 0 heterocycles. The number of benzene rings is 2. The lowest BCUT2D eigenvalue weighted by Gasteiger charge is -2.37. The molecule has 0 aliphatic rings. The first-order valence-electron chi connectivity index (χ1n) is 13.8. The molecule has 35 heavy (non-hydrogen) atoms. The van der Waals surface area contributed by atoms with Crippen molar-refractivity contribution in [3.8, 4) is 0 Å². The van der Waals surface area contributed by atoms with E-state index < -0.39 is 0 Å². The maximum Gasteiger partial charge on any atom is 0.00927 e. The van der Waals surface area contributed by atoms with Crippen molar-refractivity contribution in [3.63, 3.8) is 0 Å². The van der Waals surface area contributed by atoms with Crippen molar-refractivity contribution < 1.29 is 0 Å². The first kappa shape index (κ1) is 29.7. The minimum Gasteiger partial charge on any atom is -0.0645 e. The Morgan fingerprint density at radius 1 is 0.486 bits per heavy atom. The van der Waals surface area contributed by atoms with E-state index in [1.54, 1.807) is 5.56 Å². The van der Waals surface area contributed by atoms with Crippen LogP contribution in [0, 0.1) is 0 Å². The van der Waals surface area contributed by atoms with Crippen LogP contribution in [0.15, 0.2) is 30.3 Å². The van der Waals surface area contributed by atoms with E-state index in [2.05, 4.69) is 141 Å². The van der Waals surface area contributed by atoms with E-state index in [1.165, 1.54) is 33.4 Å². The maximum absolute atomic E-state index is 2.55. The van der Waals surface area contributed by atoms with Gasteiger partial charge in [0.2, 0.25) is 0 Å². The highest BCUT2D eigenvalue weighted by molar-refractivity contribution is 5.53. The summed E-state index contributed by atoms with van der Waals surface area (Å²) in [6.07, 6.45) is 1.10. The van der Waals surface area contributed by atoms with Gasteiger partial charge in [-0.15, -0.1) is 0 Å². The Balaban J connectivity index is 3.00. The van der Waals surface area contributed by atoms with Crippen LogP contribution in [0.3, 0.4) is 0 Å². The quantitative estimate of drug-likeness (QED) is 0.413. The Bertz CT molecular complexity index is 993. The van der Waals surface area contributed by atoms with Gasteiger partial charge >= 0.3 is 0 Å². The summed E-state index contributed by atoms with van der Waals surface area (Å²) in [4.78, 5) is 0. The predicted octanol–water partition coefficient (Wildman–Crippen LogP) is 10.7. The van der Waals surface area contributed by atoms with Gasteiger partial charge in [0.05, 0.1) is 0 Å². The molecule has 0 heteroatoms. The SMILES string of the molecule is CCC(c1ccc(C(C)(C)C)c(C(C)(C)C)c1)c1c(C(C)(C)C)cc(C(C)(C)C)cc1C(C)(C)C. The molecule has 0 spiro atoms. The molecule has 0 aromatic heterocycles. The summed E-state index contributed by atoms with van der Waals surface area (Å²) < 4.78 is 0. The second kappa shape index (κ2) is 9.39. The summed E-state index contributed by atoms with van der Waals surface area (Å²) in [5, 5.41) is 0. The van der Waals surface area contributed by atoms with Crippen molar-refractivity contribution in [1.29, 1.82) is 0 Å². The first-order chi connectivity index (χ1) is 15.5. The molecule has 0 radical (unpaired) electrons. The molecule has 0 saturated carbocycles. The average Bonchev–Trinajstić information content (AvgIpc) is 2.64. The third-order valence-electron chi connectivity index (χ3n) is 7.48. The van der Waals surface area contributed by atoms with Crippen LogP contribution >= 0.6 is 0 Å². The highest BCUT2D eigenvalue weighted by atomic mass is 14.4. The first-order valence-corrected chi connectivity index (χ1v) is 13.8. The summed E-state index contributed by atoms with van der Waals surface area (Å²) in [5.41, 5.74) is 11.0. The summed E-state index contributed by atoms with van der Waals surface area (Å²) in [6, 6.07) is 12.5. The van der Waals surface area contributed by atoms with Gasteiger partial charge in [0.25, 0.3) is 0 Å². The van der Waals surface area contributed by atoms with Gasteiger partial charge in [0.15, 0.2) is 0 Å². The molecule has 0 fully saturated rings. The maximum atomic E-state index is 2.55. The normalized spacial score (nSPS) is 14.9. The van der Waals surface area contributed by atoms with E-state index in [0.717, 1.165) is 6.42 Å². The van der Waals surface area contributed by atoms with Crippen molar-refractivity contribution in [2.75, 3.05) is 0 Å². The van der Waals surface area contributed by atoms with Crippen molar-refractivity contribution in [2.24, 2.45) is 0 Å². The van der Waals surface area contributed by atoms with Gasteiger partial charge in [-0.3, -0.25) is 0 Å². The fraction of sp³-hybridized carbons (Fsp3) is 0.657. The molecule has 2 aromatic rings. The molecule has 0 saturated heterocycles. The standard InChI is InChI=1S/C35H56/c1-17-25(23-18-19-26(32(5,6)7)27(20-23)33(8,9)10)30-28(34(11,12)13)21-24(31(2,3)4)22-29(30)35(14,15)16/h18-22,25H,17H2,1-16H3. The van der Waals surface area contributed by atoms with Gasteiger partial charge in [-0.1, -0.05) is 141 Å². The lowest BCUT2D eigenvalue weighted by atomic mass is 9.67. The zero-order valence-corrected chi connectivity index (χ0v) is 26.2. The molecular formula is C35H56. The topological polar surface area (TPSA) is 0 Å². The van der Waals surface area contributed by atoms with Crippen LogP contribution in [-0.4, -0.2) is 0 Å². The third kappa shape index (κ3) is 6.61. The third-order valence-corrected chi connectivity index (χ3v) is 7.48. The Morgan fingerprint density at radius 3 is 1.20 bits per heavy atom.